The molecular formula is C25H25NO4. The first-order valence-electron chi connectivity index (χ1n) is 9.94. The summed E-state index contributed by atoms with van der Waals surface area (Å²) < 4.78 is 5.45. The molecule has 0 aliphatic rings. The van der Waals surface area contributed by atoms with Crippen LogP contribution in [0, 0.1) is 0 Å². The van der Waals surface area contributed by atoms with E-state index in [-0.39, 0.29) is 13.0 Å². The largest absolute Gasteiger partial charge is 0.493 e. The molecule has 0 aromatic heterocycles. The maximum atomic E-state index is 10.6. The molecule has 0 spiro atoms. The van der Waals surface area contributed by atoms with Crippen molar-refractivity contribution in [3.63, 3.8) is 0 Å². The maximum absolute atomic E-state index is 10.6. The fraction of sp³-hybridized carbons (Fsp3) is 0.200. The van der Waals surface area contributed by atoms with Crippen LogP contribution in [0.15, 0.2) is 84.0 Å². The lowest BCUT2D eigenvalue weighted by Gasteiger charge is -2.08. The van der Waals surface area contributed by atoms with Crippen LogP contribution < -0.4 is 4.74 Å². The summed E-state index contributed by atoms with van der Waals surface area (Å²) in [5.41, 5.74) is 5.16. The van der Waals surface area contributed by atoms with Crippen molar-refractivity contribution in [2.45, 2.75) is 26.4 Å². The van der Waals surface area contributed by atoms with Gasteiger partial charge < -0.3 is 14.7 Å². The van der Waals surface area contributed by atoms with Crippen molar-refractivity contribution < 1.29 is 19.5 Å². The fourth-order valence-corrected chi connectivity index (χ4v) is 2.97. The highest BCUT2D eigenvalue weighted by Crippen LogP contribution is 2.20. The Bertz CT molecular complexity index is 982. The van der Waals surface area contributed by atoms with Gasteiger partial charge in [-0.3, -0.25) is 4.79 Å². The lowest BCUT2D eigenvalue weighted by molar-refractivity contribution is -0.137. The lowest BCUT2D eigenvalue weighted by atomic mass is 10.0. The number of oxime groups is 1. The van der Waals surface area contributed by atoms with Gasteiger partial charge >= 0.3 is 5.97 Å². The molecule has 0 unspecified atom stereocenters. The number of carboxylic acid groups (broad SMARTS) is 1. The van der Waals surface area contributed by atoms with Crippen molar-refractivity contribution in [2.75, 3.05) is 6.61 Å². The number of hydrogen-bond donors (Lipinski definition) is 1. The average molecular weight is 403 g/mol. The minimum absolute atomic E-state index is 0.0338. The molecule has 5 heteroatoms. The molecule has 0 amide bonds. The first kappa shape index (κ1) is 21.1. The summed E-state index contributed by atoms with van der Waals surface area (Å²) in [4.78, 5) is 16.2. The Kier molecular flexibility index (Phi) is 7.61. The highest BCUT2D eigenvalue weighted by atomic mass is 16.6. The Morgan fingerprint density at radius 1 is 0.933 bits per heavy atom. The van der Waals surface area contributed by atoms with Gasteiger partial charge in [-0.15, -0.1) is 0 Å². The Morgan fingerprint density at radius 3 is 2.37 bits per heavy atom. The highest BCUT2D eigenvalue weighted by Gasteiger charge is 2.05. The third-order valence-corrected chi connectivity index (χ3v) is 4.55. The van der Waals surface area contributed by atoms with E-state index < -0.39 is 5.97 Å². The summed E-state index contributed by atoms with van der Waals surface area (Å²) in [7, 11) is 0. The van der Waals surface area contributed by atoms with Crippen molar-refractivity contribution >= 4 is 11.7 Å². The molecule has 0 bridgehead atoms. The molecule has 1 N–H and O–H groups in total. The van der Waals surface area contributed by atoms with Crippen LogP contribution in [0.5, 0.6) is 5.75 Å². The second kappa shape index (κ2) is 10.8. The van der Waals surface area contributed by atoms with E-state index in [2.05, 4.69) is 41.6 Å². The Hall–Kier alpha value is -3.60. The number of ether oxygens (including phenoxy) is 1. The van der Waals surface area contributed by atoms with E-state index in [1.165, 1.54) is 5.56 Å². The number of aliphatic carboxylic acids is 1. The van der Waals surface area contributed by atoms with Gasteiger partial charge in [0.1, 0.15) is 12.4 Å². The molecule has 0 saturated carbocycles. The van der Waals surface area contributed by atoms with Crippen LogP contribution in [0.2, 0.25) is 0 Å². The molecule has 0 aliphatic carbocycles. The van der Waals surface area contributed by atoms with E-state index in [0.717, 1.165) is 28.8 Å². The normalized spacial score (nSPS) is 11.2. The second-order valence-electron chi connectivity index (χ2n) is 6.75. The molecule has 0 saturated heterocycles. The molecule has 0 fully saturated rings. The van der Waals surface area contributed by atoms with Crippen molar-refractivity contribution in [3.8, 4) is 16.9 Å². The Labute approximate surface area is 176 Å². The maximum Gasteiger partial charge on any atom is 0.306 e. The van der Waals surface area contributed by atoms with Crippen molar-refractivity contribution in [1.29, 1.82) is 0 Å². The Morgan fingerprint density at radius 2 is 1.67 bits per heavy atom. The van der Waals surface area contributed by atoms with Crippen LogP contribution in [-0.4, -0.2) is 23.4 Å². The summed E-state index contributed by atoms with van der Waals surface area (Å²) in [6.07, 6.45) is 0.719. The third kappa shape index (κ3) is 6.21. The van der Waals surface area contributed by atoms with Gasteiger partial charge in [0.05, 0.1) is 18.7 Å². The SMILES string of the molecule is CC/C(=N\OCc1cccc(OCCC(=O)O)c1)c1ccc(-c2ccccc2)cc1. The molecule has 0 aliphatic heterocycles. The topological polar surface area (TPSA) is 68.1 Å². The zero-order valence-electron chi connectivity index (χ0n) is 17.0. The molecule has 5 nitrogen and oxygen atoms in total. The number of rotatable bonds is 10. The van der Waals surface area contributed by atoms with Crippen LogP contribution >= 0.6 is 0 Å². The number of carbonyl (C=O) groups is 1. The molecule has 3 aromatic rings. The molecule has 154 valence electrons. The summed E-state index contributed by atoms with van der Waals surface area (Å²) in [6.45, 7) is 2.49. The van der Waals surface area contributed by atoms with Crippen LogP contribution in [0.4, 0.5) is 0 Å². The van der Waals surface area contributed by atoms with Crippen LogP contribution in [0.3, 0.4) is 0 Å². The quantitative estimate of drug-likeness (QED) is 0.357. The van der Waals surface area contributed by atoms with Crippen molar-refractivity contribution in [2.24, 2.45) is 5.16 Å². The number of carboxylic acids is 1. The minimum Gasteiger partial charge on any atom is -0.493 e. The summed E-state index contributed by atoms with van der Waals surface area (Å²) in [5, 5.41) is 13.0. The van der Waals surface area contributed by atoms with Crippen molar-refractivity contribution in [3.05, 3.63) is 90.0 Å². The van der Waals surface area contributed by atoms with Gasteiger partial charge in [-0.05, 0) is 40.8 Å². The zero-order valence-corrected chi connectivity index (χ0v) is 17.0. The number of benzene rings is 3. The minimum atomic E-state index is -0.882. The summed E-state index contributed by atoms with van der Waals surface area (Å²) in [6, 6.07) is 25.9. The molecule has 0 atom stereocenters. The van der Waals surface area contributed by atoms with Crippen LogP contribution in [0.1, 0.15) is 30.9 Å². The molecular weight excluding hydrogens is 378 g/mol. The summed E-state index contributed by atoms with van der Waals surface area (Å²) >= 11 is 0. The smallest absolute Gasteiger partial charge is 0.306 e. The Balaban J connectivity index is 1.60. The first-order valence-corrected chi connectivity index (χ1v) is 9.94. The van der Waals surface area contributed by atoms with E-state index >= 15 is 0 Å². The first-order chi connectivity index (χ1) is 14.7. The van der Waals surface area contributed by atoms with E-state index in [4.69, 9.17) is 14.7 Å². The van der Waals surface area contributed by atoms with E-state index in [1.54, 1.807) is 6.07 Å². The third-order valence-electron chi connectivity index (χ3n) is 4.55. The monoisotopic (exact) mass is 403 g/mol. The van der Waals surface area contributed by atoms with Gasteiger partial charge in [0.2, 0.25) is 0 Å². The van der Waals surface area contributed by atoms with Crippen molar-refractivity contribution in [1.82, 2.24) is 0 Å². The van der Waals surface area contributed by atoms with E-state index in [1.807, 2.05) is 43.3 Å². The lowest BCUT2D eigenvalue weighted by Crippen LogP contribution is -2.05. The summed E-state index contributed by atoms with van der Waals surface area (Å²) in [5.74, 6) is -0.263. The van der Waals surface area contributed by atoms with E-state index in [0.29, 0.717) is 12.4 Å². The standard InChI is InChI=1S/C25H25NO4/c1-2-24(22-13-11-21(12-14-22)20-8-4-3-5-9-20)26-30-18-19-7-6-10-23(17-19)29-16-15-25(27)28/h3-14,17H,2,15-16,18H2,1H3,(H,27,28)/b26-24+. The molecule has 3 rings (SSSR count). The van der Waals surface area contributed by atoms with Gasteiger partial charge in [0.25, 0.3) is 0 Å². The predicted octanol–water partition coefficient (Wildman–Crippen LogP) is 5.54. The second-order valence-corrected chi connectivity index (χ2v) is 6.75. The molecule has 0 radical (unpaired) electrons. The zero-order chi connectivity index (χ0) is 21.2. The molecule has 3 aromatic carbocycles. The number of hydrogen-bond acceptors (Lipinski definition) is 4. The van der Waals surface area contributed by atoms with Crippen LogP contribution in [-0.2, 0) is 16.2 Å². The van der Waals surface area contributed by atoms with Gasteiger partial charge in [-0.2, -0.15) is 0 Å². The van der Waals surface area contributed by atoms with Gasteiger partial charge in [0, 0.05) is 0 Å². The van der Waals surface area contributed by atoms with Gasteiger partial charge in [-0.1, -0.05) is 78.8 Å². The number of nitrogens with zero attached hydrogens (tertiary/aromatic N) is 1. The predicted molar refractivity (Wildman–Crippen MR) is 118 cm³/mol. The van der Waals surface area contributed by atoms with Gasteiger partial charge in [0.15, 0.2) is 0 Å². The molecule has 0 heterocycles. The average Bonchev–Trinajstić information content (AvgIpc) is 2.78. The highest BCUT2D eigenvalue weighted by molar-refractivity contribution is 6.00. The van der Waals surface area contributed by atoms with Crippen LogP contribution in [0.25, 0.3) is 11.1 Å². The molecule has 30 heavy (non-hydrogen) atoms. The van der Waals surface area contributed by atoms with Gasteiger partial charge in [-0.25, -0.2) is 0 Å². The fourth-order valence-electron chi connectivity index (χ4n) is 2.97. The van der Waals surface area contributed by atoms with E-state index in [9.17, 15) is 4.79 Å².